The van der Waals surface area contributed by atoms with Crippen LogP contribution in [0.4, 0.5) is 4.79 Å². The van der Waals surface area contributed by atoms with Crippen molar-refractivity contribution in [1.29, 1.82) is 0 Å². The summed E-state index contributed by atoms with van der Waals surface area (Å²) in [4.78, 5) is 11.6. The zero-order valence-corrected chi connectivity index (χ0v) is 12.4. The van der Waals surface area contributed by atoms with Crippen molar-refractivity contribution in [2.75, 3.05) is 6.54 Å². The van der Waals surface area contributed by atoms with E-state index in [9.17, 15) is 4.79 Å². The molecule has 0 aromatic heterocycles. The molecule has 3 nitrogen and oxygen atoms in total. The lowest BCUT2D eigenvalue weighted by Crippen LogP contribution is -2.39. The summed E-state index contributed by atoms with van der Waals surface area (Å²) in [5.74, 6) is 0. The van der Waals surface area contributed by atoms with E-state index in [1.807, 2.05) is 20.8 Å². The fraction of sp³-hybridized carbons (Fsp3) is 0.929. The average molecular weight is 243 g/mol. The Kier molecular flexibility index (Phi) is 6.58. The predicted molar refractivity (Wildman–Crippen MR) is 72.2 cm³/mol. The SMILES string of the molecule is CCCC(C)(CCC)CNC(=O)OC(C)(C)C. The van der Waals surface area contributed by atoms with Crippen LogP contribution in [0.5, 0.6) is 0 Å². The minimum absolute atomic E-state index is 0.195. The quantitative estimate of drug-likeness (QED) is 0.762. The summed E-state index contributed by atoms with van der Waals surface area (Å²) in [6.45, 7) is 12.9. The van der Waals surface area contributed by atoms with Gasteiger partial charge in [-0.25, -0.2) is 4.79 Å². The molecule has 0 aliphatic rings. The molecule has 0 bridgehead atoms. The summed E-state index contributed by atoms with van der Waals surface area (Å²) >= 11 is 0. The Bertz CT molecular complexity index is 225. The van der Waals surface area contributed by atoms with Gasteiger partial charge in [-0.15, -0.1) is 0 Å². The number of hydrogen-bond donors (Lipinski definition) is 1. The number of carbonyl (C=O) groups is 1. The second kappa shape index (κ2) is 6.87. The Hall–Kier alpha value is -0.730. The zero-order chi connectivity index (χ0) is 13.5. The van der Waals surface area contributed by atoms with Gasteiger partial charge in [0.05, 0.1) is 0 Å². The smallest absolute Gasteiger partial charge is 0.407 e. The van der Waals surface area contributed by atoms with Gasteiger partial charge in [0.15, 0.2) is 0 Å². The molecule has 0 heterocycles. The molecule has 0 radical (unpaired) electrons. The van der Waals surface area contributed by atoms with Crippen LogP contribution in [0, 0.1) is 5.41 Å². The Morgan fingerprint density at radius 2 is 1.53 bits per heavy atom. The van der Waals surface area contributed by atoms with Crippen molar-refractivity contribution in [2.24, 2.45) is 5.41 Å². The number of rotatable bonds is 6. The van der Waals surface area contributed by atoms with Crippen LogP contribution in [-0.4, -0.2) is 18.2 Å². The summed E-state index contributed by atoms with van der Waals surface area (Å²) in [7, 11) is 0. The Labute approximate surface area is 106 Å². The highest BCUT2D eigenvalue weighted by Gasteiger charge is 2.24. The zero-order valence-electron chi connectivity index (χ0n) is 12.4. The molecular formula is C14H29NO2. The van der Waals surface area contributed by atoms with E-state index in [2.05, 4.69) is 26.1 Å². The molecule has 0 rings (SSSR count). The first-order valence-corrected chi connectivity index (χ1v) is 6.69. The van der Waals surface area contributed by atoms with Gasteiger partial charge in [0, 0.05) is 6.54 Å². The monoisotopic (exact) mass is 243 g/mol. The van der Waals surface area contributed by atoms with Gasteiger partial charge in [-0.3, -0.25) is 0 Å². The molecule has 0 unspecified atom stereocenters. The van der Waals surface area contributed by atoms with E-state index in [1.165, 1.54) is 0 Å². The van der Waals surface area contributed by atoms with Gasteiger partial charge in [0.1, 0.15) is 5.60 Å². The van der Waals surface area contributed by atoms with Crippen molar-refractivity contribution in [2.45, 2.75) is 72.8 Å². The van der Waals surface area contributed by atoms with E-state index < -0.39 is 5.60 Å². The molecule has 0 aliphatic carbocycles. The number of nitrogens with one attached hydrogen (secondary N) is 1. The Morgan fingerprint density at radius 1 is 1.06 bits per heavy atom. The van der Waals surface area contributed by atoms with Crippen molar-refractivity contribution in [3.8, 4) is 0 Å². The number of carbonyl (C=O) groups excluding carboxylic acids is 1. The number of hydrogen-bond acceptors (Lipinski definition) is 2. The molecule has 17 heavy (non-hydrogen) atoms. The fourth-order valence-corrected chi connectivity index (χ4v) is 2.11. The molecule has 1 amide bonds. The molecule has 102 valence electrons. The molecule has 0 aliphatic heterocycles. The normalized spacial score (nSPS) is 12.4. The van der Waals surface area contributed by atoms with Crippen LogP contribution in [-0.2, 0) is 4.74 Å². The van der Waals surface area contributed by atoms with E-state index >= 15 is 0 Å². The van der Waals surface area contributed by atoms with Crippen molar-refractivity contribution in [3.63, 3.8) is 0 Å². The van der Waals surface area contributed by atoms with Crippen molar-refractivity contribution >= 4 is 6.09 Å². The highest BCUT2D eigenvalue weighted by molar-refractivity contribution is 5.67. The van der Waals surface area contributed by atoms with Crippen LogP contribution >= 0.6 is 0 Å². The highest BCUT2D eigenvalue weighted by atomic mass is 16.6. The summed E-state index contributed by atoms with van der Waals surface area (Å²) in [6, 6.07) is 0. The van der Waals surface area contributed by atoms with Gasteiger partial charge in [0.25, 0.3) is 0 Å². The molecule has 0 saturated heterocycles. The first kappa shape index (κ1) is 16.3. The predicted octanol–water partition coefficient (Wildman–Crippen LogP) is 4.12. The summed E-state index contributed by atoms with van der Waals surface area (Å²) in [5.41, 5.74) is -0.226. The van der Waals surface area contributed by atoms with E-state index in [1.54, 1.807) is 0 Å². The van der Waals surface area contributed by atoms with Crippen LogP contribution in [0.25, 0.3) is 0 Å². The maximum Gasteiger partial charge on any atom is 0.407 e. The van der Waals surface area contributed by atoms with Crippen LogP contribution < -0.4 is 5.32 Å². The Morgan fingerprint density at radius 3 is 1.88 bits per heavy atom. The Balaban J connectivity index is 4.17. The minimum atomic E-state index is -0.421. The summed E-state index contributed by atoms with van der Waals surface area (Å²) in [6.07, 6.45) is 4.25. The van der Waals surface area contributed by atoms with Gasteiger partial charge in [-0.2, -0.15) is 0 Å². The third-order valence-electron chi connectivity index (χ3n) is 2.77. The molecule has 0 aromatic rings. The lowest BCUT2D eigenvalue weighted by Gasteiger charge is -2.30. The van der Waals surface area contributed by atoms with E-state index in [0.717, 1.165) is 25.7 Å². The number of ether oxygens (including phenoxy) is 1. The molecule has 1 N–H and O–H groups in total. The minimum Gasteiger partial charge on any atom is -0.444 e. The van der Waals surface area contributed by atoms with Crippen molar-refractivity contribution in [3.05, 3.63) is 0 Å². The second-order valence-corrected chi connectivity index (χ2v) is 6.17. The number of amides is 1. The maximum absolute atomic E-state index is 11.6. The van der Waals surface area contributed by atoms with Gasteiger partial charge in [-0.1, -0.05) is 33.6 Å². The van der Waals surface area contributed by atoms with E-state index in [0.29, 0.717) is 6.54 Å². The lowest BCUT2D eigenvalue weighted by molar-refractivity contribution is 0.0497. The van der Waals surface area contributed by atoms with Crippen LogP contribution in [0.2, 0.25) is 0 Å². The van der Waals surface area contributed by atoms with Crippen molar-refractivity contribution < 1.29 is 9.53 Å². The lowest BCUT2D eigenvalue weighted by atomic mass is 9.81. The summed E-state index contributed by atoms with van der Waals surface area (Å²) < 4.78 is 5.24. The standard InChI is InChI=1S/C14H29NO2/c1-7-9-14(6,10-8-2)11-15-12(16)17-13(3,4)5/h7-11H2,1-6H3,(H,15,16). The molecule has 0 saturated carbocycles. The molecule has 0 atom stereocenters. The van der Waals surface area contributed by atoms with Crippen LogP contribution in [0.3, 0.4) is 0 Å². The van der Waals surface area contributed by atoms with E-state index in [4.69, 9.17) is 4.74 Å². The van der Waals surface area contributed by atoms with Gasteiger partial charge >= 0.3 is 6.09 Å². The average Bonchev–Trinajstić information content (AvgIpc) is 2.13. The first-order valence-electron chi connectivity index (χ1n) is 6.69. The third kappa shape index (κ3) is 8.06. The topological polar surface area (TPSA) is 38.3 Å². The van der Waals surface area contributed by atoms with E-state index in [-0.39, 0.29) is 11.5 Å². The first-order chi connectivity index (χ1) is 7.72. The van der Waals surface area contributed by atoms with Crippen LogP contribution in [0.15, 0.2) is 0 Å². The van der Waals surface area contributed by atoms with Gasteiger partial charge in [-0.05, 0) is 39.0 Å². The van der Waals surface area contributed by atoms with Gasteiger partial charge < -0.3 is 10.1 Å². The van der Waals surface area contributed by atoms with Gasteiger partial charge in [0.2, 0.25) is 0 Å². The van der Waals surface area contributed by atoms with Crippen LogP contribution in [0.1, 0.15) is 67.2 Å². The highest BCUT2D eigenvalue weighted by Crippen LogP contribution is 2.28. The molecule has 0 aromatic carbocycles. The van der Waals surface area contributed by atoms with Crippen molar-refractivity contribution in [1.82, 2.24) is 5.32 Å². The largest absolute Gasteiger partial charge is 0.444 e. The molecule has 3 heteroatoms. The molecular weight excluding hydrogens is 214 g/mol. The maximum atomic E-state index is 11.6. The molecule has 0 fully saturated rings. The fourth-order valence-electron chi connectivity index (χ4n) is 2.11. The number of alkyl carbamates (subject to hydrolysis) is 1. The molecule has 0 spiro atoms. The summed E-state index contributed by atoms with van der Waals surface area (Å²) in [5, 5.41) is 2.89. The third-order valence-corrected chi connectivity index (χ3v) is 2.77. The second-order valence-electron chi connectivity index (χ2n) is 6.17.